The van der Waals surface area contributed by atoms with Crippen molar-refractivity contribution >= 4 is 46.3 Å². The number of fused-ring (bicyclic) bond motifs is 1. The van der Waals surface area contributed by atoms with E-state index in [-0.39, 0.29) is 29.4 Å². The minimum absolute atomic E-state index is 0. The van der Waals surface area contributed by atoms with Crippen molar-refractivity contribution < 1.29 is 14.7 Å². The molecule has 0 bridgehead atoms. The highest BCUT2D eigenvalue weighted by molar-refractivity contribution is 8.93. The van der Waals surface area contributed by atoms with Crippen LogP contribution >= 0.6 is 28.7 Å². The number of amides is 1. The molecular weight excluding hydrogens is 320 g/mol. The van der Waals surface area contributed by atoms with Gasteiger partial charge in [-0.3, -0.25) is 14.5 Å². The number of carboxylic acids is 1. The van der Waals surface area contributed by atoms with Crippen molar-refractivity contribution in [3.63, 3.8) is 0 Å². The number of nitrogens with two attached hydrogens (primary N) is 1. The highest BCUT2D eigenvalue weighted by atomic mass is 79.9. The molecule has 0 aliphatic carbocycles. The number of nitrogens with zero attached hydrogens (tertiary/aromatic N) is 1. The van der Waals surface area contributed by atoms with Crippen molar-refractivity contribution in [1.29, 1.82) is 0 Å². The molecule has 0 aromatic heterocycles. The summed E-state index contributed by atoms with van der Waals surface area (Å²) in [4.78, 5) is 24.9. The number of hydrogen-bond donors (Lipinski definition) is 2. The molecule has 1 aromatic carbocycles. The van der Waals surface area contributed by atoms with Gasteiger partial charge in [0.05, 0.1) is 11.7 Å². The number of carbonyl (C=O) groups excluding carboxylic acids is 1. The fraction of sp³-hybridized carbons (Fsp3) is 0.273. The highest BCUT2D eigenvalue weighted by Gasteiger charge is 2.29. The first kappa shape index (κ1) is 15.0. The van der Waals surface area contributed by atoms with Gasteiger partial charge in [-0.1, -0.05) is 12.1 Å². The summed E-state index contributed by atoms with van der Waals surface area (Å²) in [5.41, 5.74) is 6.34. The lowest BCUT2D eigenvalue weighted by molar-refractivity contribution is -0.136. The Labute approximate surface area is 119 Å². The van der Waals surface area contributed by atoms with E-state index in [1.165, 1.54) is 16.7 Å². The highest BCUT2D eigenvalue weighted by Crippen LogP contribution is 2.33. The lowest BCUT2D eigenvalue weighted by Gasteiger charge is -2.22. The second kappa shape index (κ2) is 6.21. The number of carbonyl (C=O) groups is 2. The van der Waals surface area contributed by atoms with E-state index in [1.807, 2.05) is 12.1 Å². The first-order valence-corrected chi connectivity index (χ1v) is 6.08. The monoisotopic (exact) mass is 332 g/mol. The molecule has 5 nitrogen and oxygen atoms in total. The second-order valence-corrected chi connectivity index (χ2v) is 4.77. The summed E-state index contributed by atoms with van der Waals surface area (Å²) in [5, 5.41) is 8.85. The van der Waals surface area contributed by atoms with E-state index in [2.05, 4.69) is 0 Å². The Balaban J connectivity index is 0.00000162. The number of anilines is 1. The summed E-state index contributed by atoms with van der Waals surface area (Å²) < 4.78 is 0. The van der Waals surface area contributed by atoms with Gasteiger partial charge in [0, 0.05) is 10.6 Å². The van der Waals surface area contributed by atoms with Gasteiger partial charge in [0.2, 0.25) is 5.91 Å². The number of aliphatic carboxylic acids is 1. The molecule has 1 aliphatic heterocycles. The molecule has 2 rings (SSSR count). The van der Waals surface area contributed by atoms with Gasteiger partial charge in [-0.05, 0) is 12.1 Å². The molecule has 1 aromatic rings. The van der Waals surface area contributed by atoms with Crippen molar-refractivity contribution in [1.82, 2.24) is 0 Å². The van der Waals surface area contributed by atoms with Gasteiger partial charge in [-0.2, -0.15) is 0 Å². The molecule has 0 unspecified atom stereocenters. The summed E-state index contributed by atoms with van der Waals surface area (Å²) in [6, 6.07) is 6.57. The van der Waals surface area contributed by atoms with Crippen molar-refractivity contribution in [2.75, 3.05) is 17.2 Å². The maximum absolute atomic E-state index is 12.0. The quantitative estimate of drug-likeness (QED) is 0.847. The van der Waals surface area contributed by atoms with Crippen LogP contribution < -0.4 is 10.6 Å². The van der Waals surface area contributed by atoms with Crippen LogP contribution in [0.5, 0.6) is 0 Å². The lowest BCUT2D eigenvalue weighted by atomic mass is 10.2. The van der Waals surface area contributed by atoms with Crippen LogP contribution in [0.3, 0.4) is 0 Å². The van der Waals surface area contributed by atoms with E-state index in [0.29, 0.717) is 11.4 Å². The smallest absolute Gasteiger partial charge is 0.323 e. The van der Waals surface area contributed by atoms with Gasteiger partial charge in [0.25, 0.3) is 0 Å². The fourth-order valence-corrected chi connectivity index (χ4v) is 2.67. The van der Waals surface area contributed by atoms with Crippen molar-refractivity contribution in [2.24, 2.45) is 5.73 Å². The van der Waals surface area contributed by atoms with E-state index in [0.717, 1.165) is 4.90 Å². The summed E-state index contributed by atoms with van der Waals surface area (Å²) in [7, 11) is 0. The van der Waals surface area contributed by atoms with E-state index in [4.69, 9.17) is 10.8 Å². The molecule has 0 fully saturated rings. The van der Waals surface area contributed by atoms with Crippen LogP contribution in [0.2, 0.25) is 0 Å². The number of halogens is 1. The van der Waals surface area contributed by atoms with Crippen LogP contribution in [-0.4, -0.2) is 35.3 Å². The summed E-state index contributed by atoms with van der Waals surface area (Å²) in [6.07, 6.45) is 0. The topological polar surface area (TPSA) is 83.6 Å². The molecule has 1 aliphatic rings. The lowest BCUT2D eigenvalue weighted by Crippen LogP contribution is -2.46. The SMILES string of the molecule is Br.N[C@H]1CSc2ccccc2N(CC(=O)O)C1=O. The first-order chi connectivity index (χ1) is 8.09. The summed E-state index contributed by atoms with van der Waals surface area (Å²) in [5.74, 6) is -0.927. The molecule has 18 heavy (non-hydrogen) atoms. The minimum atomic E-state index is -1.05. The molecule has 1 atom stereocenters. The third-order valence-electron chi connectivity index (χ3n) is 2.45. The first-order valence-electron chi connectivity index (χ1n) is 5.10. The zero-order valence-corrected chi connectivity index (χ0v) is 11.9. The largest absolute Gasteiger partial charge is 0.480 e. The molecule has 1 amide bonds. The van der Waals surface area contributed by atoms with Crippen LogP contribution in [0.1, 0.15) is 0 Å². The van der Waals surface area contributed by atoms with E-state index >= 15 is 0 Å². The average Bonchev–Trinajstić information content (AvgIpc) is 2.42. The second-order valence-electron chi connectivity index (χ2n) is 3.70. The van der Waals surface area contributed by atoms with Gasteiger partial charge >= 0.3 is 5.97 Å². The van der Waals surface area contributed by atoms with Crippen LogP contribution in [0.25, 0.3) is 0 Å². The number of thioether (sulfide) groups is 1. The van der Waals surface area contributed by atoms with Crippen LogP contribution in [0, 0.1) is 0 Å². The predicted molar refractivity (Wildman–Crippen MR) is 75.5 cm³/mol. The van der Waals surface area contributed by atoms with Gasteiger partial charge in [0.1, 0.15) is 6.54 Å². The molecule has 0 saturated carbocycles. The molecular formula is C11H13BrN2O3S. The van der Waals surface area contributed by atoms with Crippen molar-refractivity contribution in [3.05, 3.63) is 24.3 Å². The zero-order valence-electron chi connectivity index (χ0n) is 9.41. The van der Waals surface area contributed by atoms with Gasteiger partial charge in [0.15, 0.2) is 0 Å². The molecule has 0 saturated heterocycles. The third-order valence-corrected chi connectivity index (χ3v) is 3.63. The predicted octanol–water partition coefficient (Wildman–Crippen LogP) is 1.12. The number of rotatable bonds is 2. The maximum atomic E-state index is 12.0. The van der Waals surface area contributed by atoms with Crippen LogP contribution in [-0.2, 0) is 9.59 Å². The zero-order chi connectivity index (χ0) is 12.4. The Morgan fingerprint density at radius 3 is 2.83 bits per heavy atom. The van der Waals surface area contributed by atoms with Gasteiger partial charge < -0.3 is 10.8 Å². The number of hydrogen-bond acceptors (Lipinski definition) is 4. The number of para-hydroxylation sites is 1. The van der Waals surface area contributed by atoms with E-state index in [9.17, 15) is 9.59 Å². The number of benzene rings is 1. The Morgan fingerprint density at radius 1 is 1.50 bits per heavy atom. The number of carboxylic acid groups (broad SMARTS) is 1. The molecule has 7 heteroatoms. The normalized spacial score (nSPS) is 18.6. The van der Waals surface area contributed by atoms with E-state index in [1.54, 1.807) is 12.1 Å². The van der Waals surface area contributed by atoms with E-state index < -0.39 is 12.0 Å². The van der Waals surface area contributed by atoms with Gasteiger partial charge in [-0.15, -0.1) is 28.7 Å². The van der Waals surface area contributed by atoms with Gasteiger partial charge in [-0.25, -0.2) is 0 Å². The molecule has 3 N–H and O–H groups in total. The minimum Gasteiger partial charge on any atom is -0.480 e. The van der Waals surface area contributed by atoms with Crippen molar-refractivity contribution in [2.45, 2.75) is 10.9 Å². The molecule has 98 valence electrons. The fourth-order valence-electron chi connectivity index (χ4n) is 1.67. The van der Waals surface area contributed by atoms with Crippen LogP contribution in [0.15, 0.2) is 29.2 Å². The molecule has 0 spiro atoms. The third kappa shape index (κ3) is 3.04. The Morgan fingerprint density at radius 2 is 2.17 bits per heavy atom. The Bertz CT molecular complexity index is 469. The molecule has 1 heterocycles. The Kier molecular flexibility index (Phi) is 5.18. The maximum Gasteiger partial charge on any atom is 0.323 e. The van der Waals surface area contributed by atoms with Crippen LogP contribution in [0.4, 0.5) is 5.69 Å². The molecule has 0 radical (unpaired) electrons. The average molecular weight is 333 g/mol. The Hall–Kier alpha value is -1.05. The summed E-state index contributed by atoms with van der Waals surface area (Å²) >= 11 is 1.47. The van der Waals surface area contributed by atoms with Crippen molar-refractivity contribution in [3.8, 4) is 0 Å². The standard InChI is InChI=1S/C11H12N2O3S.BrH/c12-7-6-17-9-4-2-1-3-8(9)13(11(7)16)5-10(14)15;/h1-4,7H,5-6,12H2,(H,14,15);1H/t7-;/m0./s1. The summed E-state index contributed by atoms with van der Waals surface area (Å²) in [6.45, 7) is -0.357.